The van der Waals surface area contributed by atoms with Crippen molar-refractivity contribution in [3.8, 4) is 0 Å². The highest BCUT2D eigenvalue weighted by Crippen LogP contribution is 2.57. The van der Waals surface area contributed by atoms with E-state index < -0.39 is 16.1 Å². The summed E-state index contributed by atoms with van der Waals surface area (Å²) in [4.78, 5) is 0. The molecule has 2 heteroatoms. The number of hydrogen-bond acceptors (Lipinski definition) is 0. The summed E-state index contributed by atoms with van der Waals surface area (Å²) in [7, 11) is -4.03. The van der Waals surface area contributed by atoms with Crippen molar-refractivity contribution >= 4 is 59.2 Å². The van der Waals surface area contributed by atoms with Crippen LogP contribution in [-0.4, -0.2) is 16.1 Å². The van der Waals surface area contributed by atoms with Crippen molar-refractivity contribution in [2.75, 3.05) is 0 Å². The van der Waals surface area contributed by atoms with Crippen molar-refractivity contribution in [3.05, 3.63) is 287 Å². The van der Waals surface area contributed by atoms with Gasteiger partial charge in [0.1, 0.15) is 16.1 Å². The summed E-state index contributed by atoms with van der Waals surface area (Å²) in [5.74, 6) is 0. The predicted molar refractivity (Wildman–Crippen MR) is 274 cm³/mol. The minimum Gasteiger partial charge on any atom is -0.0622 e. The van der Waals surface area contributed by atoms with E-state index in [0.29, 0.717) is 0 Å². The Morgan fingerprint density at radius 3 is 0.452 bits per heavy atom. The zero-order valence-corrected chi connectivity index (χ0v) is 38.1. The zero-order valence-electron chi connectivity index (χ0n) is 36.1. The second kappa shape index (κ2) is 17.6. The molecule has 0 spiro atoms. The third-order valence-electron chi connectivity index (χ3n) is 12.5. The van der Waals surface area contributed by atoms with Crippen molar-refractivity contribution in [3.63, 3.8) is 0 Å². The lowest BCUT2D eigenvalue weighted by Crippen LogP contribution is -2.28. The Morgan fingerprint density at radius 1 is 0.177 bits per heavy atom. The van der Waals surface area contributed by atoms with Gasteiger partial charge in [-0.05, 0) is 87.6 Å². The van der Waals surface area contributed by atoms with E-state index in [9.17, 15) is 0 Å². The van der Waals surface area contributed by atoms with Crippen molar-refractivity contribution in [1.82, 2.24) is 0 Å². The van der Waals surface area contributed by atoms with Gasteiger partial charge in [0, 0.05) is 0 Å². The highest BCUT2D eigenvalue weighted by Gasteiger charge is 2.45. The molecular formula is C60H52Si2. The Labute approximate surface area is 370 Å². The molecule has 0 bridgehead atoms. The third-order valence-corrected chi connectivity index (χ3v) is 19.7. The zero-order chi connectivity index (χ0) is 42.5. The van der Waals surface area contributed by atoms with Crippen LogP contribution in [0, 0.1) is 0 Å². The van der Waals surface area contributed by atoms with Crippen LogP contribution in [0.1, 0.15) is 44.5 Å². The van der Waals surface area contributed by atoms with Crippen LogP contribution in [0.3, 0.4) is 0 Å². The molecule has 2 aliphatic heterocycles. The molecule has 0 radical (unpaired) electrons. The van der Waals surface area contributed by atoms with Gasteiger partial charge in [0.2, 0.25) is 0 Å². The van der Waals surface area contributed by atoms with Crippen LogP contribution in [0.15, 0.2) is 243 Å². The molecule has 0 fully saturated rings. The molecule has 0 amide bonds. The smallest absolute Gasteiger partial charge is 0.0622 e. The van der Waals surface area contributed by atoms with Crippen molar-refractivity contribution < 1.29 is 0 Å². The molecule has 0 nitrogen and oxygen atoms in total. The second-order valence-electron chi connectivity index (χ2n) is 17.2. The Hall–Kier alpha value is -6.85. The third kappa shape index (κ3) is 7.69. The van der Waals surface area contributed by atoms with Gasteiger partial charge in [0.15, 0.2) is 0 Å². The molecule has 300 valence electrons. The molecule has 0 atom stereocenters. The lowest BCUT2D eigenvalue weighted by molar-refractivity contribution is 1.58. The quantitative estimate of drug-likeness (QED) is 0.134. The van der Waals surface area contributed by atoms with Gasteiger partial charge in [-0.25, -0.2) is 0 Å². The Balaban J connectivity index is 0.000000158. The second-order valence-corrected chi connectivity index (χ2v) is 25.7. The van der Waals surface area contributed by atoms with Crippen LogP contribution in [0.4, 0.5) is 0 Å². The largest absolute Gasteiger partial charge is 0.115 e. The van der Waals surface area contributed by atoms with Gasteiger partial charge in [0.25, 0.3) is 0 Å². The normalized spacial score (nSPS) is 15.4. The van der Waals surface area contributed by atoms with Gasteiger partial charge in [-0.15, -0.1) is 0 Å². The van der Waals surface area contributed by atoms with Crippen LogP contribution in [0.25, 0.3) is 43.1 Å². The van der Waals surface area contributed by atoms with E-state index in [-0.39, 0.29) is 0 Å². The van der Waals surface area contributed by atoms with E-state index in [1.54, 1.807) is 0 Å². The first kappa shape index (κ1) is 40.6. The average molecular weight is 829 g/mol. The summed E-state index contributed by atoms with van der Waals surface area (Å²) in [5.41, 5.74) is 16.2. The van der Waals surface area contributed by atoms with E-state index >= 15 is 0 Å². The fourth-order valence-corrected chi connectivity index (χ4v) is 17.6. The van der Waals surface area contributed by atoms with Gasteiger partial charge in [0.05, 0.1) is 0 Å². The summed E-state index contributed by atoms with van der Waals surface area (Å²) >= 11 is 0. The Morgan fingerprint density at radius 2 is 0.306 bits per heavy atom. The maximum absolute atomic E-state index is 2.51. The first-order valence-electron chi connectivity index (χ1n) is 21.8. The molecule has 0 aliphatic carbocycles. The standard InChI is InChI=1S/2C30H26Si/c2*1-31(2)29(25-19-11-5-12-20-25)27(23-15-7-3-8-16-23)28(24-17-9-4-10-18-24)30(31)26-21-13-6-14-22-26/h2*3-22H,1-2H3. The highest BCUT2D eigenvalue weighted by molar-refractivity contribution is 7.13. The van der Waals surface area contributed by atoms with Gasteiger partial charge >= 0.3 is 0 Å². The molecule has 0 unspecified atom stereocenters. The van der Waals surface area contributed by atoms with E-state index in [2.05, 4.69) is 269 Å². The van der Waals surface area contributed by atoms with Crippen molar-refractivity contribution in [2.45, 2.75) is 26.2 Å². The topological polar surface area (TPSA) is 0 Å². The number of allylic oxidation sites excluding steroid dienone is 4. The maximum Gasteiger partial charge on any atom is 0.115 e. The van der Waals surface area contributed by atoms with E-state index in [0.717, 1.165) is 0 Å². The fourth-order valence-electron chi connectivity index (χ4n) is 10.0. The van der Waals surface area contributed by atoms with Gasteiger partial charge < -0.3 is 0 Å². The minimum atomic E-state index is -2.01. The first-order chi connectivity index (χ1) is 30.4. The van der Waals surface area contributed by atoms with Crippen LogP contribution < -0.4 is 0 Å². The van der Waals surface area contributed by atoms with E-state index in [4.69, 9.17) is 0 Å². The molecule has 8 aromatic carbocycles. The number of benzene rings is 8. The molecule has 0 saturated carbocycles. The molecule has 10 rings (SSSR count). The molecule has 0 N–H and O–H groups in total. The molecular weight excluding hydrogens is 777 g/mol. The molecule has 0 aromatic heterocycles. The van der Waals surface area contributed by atoms with Gasteiger partial charge in [-0.1, -0.05) is 269 Å². The minimum absolute atomic E-state index is 1.30. The summed E-state index contributed by atoms with van der Waals surface area (Å²) < 4.78 is 0. The average Bonchev–Trinajstić information content (AvgIpc) is 3.74. The Kier molecular flexibility index (Phi) is 11.5. The summed E-state index contributed by atoms with van der Waals surface area (Å²) in [6.45, 7) is 10.0. The van der Waals surface area contributed by atoms with Crippen LogP contribution >= 0.6 is 0 Å². The van der Waals surface area contributed by atoms with Crippen LogP contribution in [-0.2, 0) is 0 Å². The molecule has 62 heavy (non-hydrogen) atoms. The number of rotatable bonds is 8. The highest BCUT2D eigenvalue weighted by atomic mass is 28.3. The predicted octanol–water partition coefficient (Wildman–Crippen LogP) is 16.0. The van der Waals surface area contributed by atoms with Gasteiger partial charge in [-0.3, -0.25) is 0 Å². The van der Waals surface area contributed by atoms with Crippen LogP contribution in [0.2, 0.25) is 26.2 Å². The summed E-state index contributed by atoms with van der Waals surface area (Å²) in [5, 5.41) is 6.10. The molecule has 0 saturated heterocycles. The SMILES string of the molecule is C[Si]1(C)C(c2ccccc2)=C(c2ccccc2)C(c2ccccc2)=C1c1ccccc1.C[Si]1(C)C(c2ccccc2)=C(c2ccccc2)C(c2ccccc2)=C1c1ccccc1. The summed E-state index contributed by atoms with van der Waals surface area (Å²) in [6, 6.07) is 87.8. The van der Waals surface area contributed by atoms with Crippen molar-refractivity contribution in [1.29, 1.82) is 0 Å². The monoisotopic (exact) mass is 828 g/mol. The number of hydrogen-bond donors (Lipinski definition) is 0. The lowest BCUT2D eigenvalue weighted by atomic mass is 9.89. The molecule has 8 aromatic rings. The molecule has 2 heterocycles. The maximum atomic E-state index is 2.51. The Bertz CT molecular complexity index is 2500. The van der Waals surface area contributed by atoms with Crippen LogP contribution in [0.5, 0.6) is 0 Å². The van der Waals surface area contributed by atoms with Gasteiger partial charge in [-0.2, -0.15) is 0 Å². The van der Waals surface area contributed by atoms with E-state index in [1.165, 1.54) is 87.6 Å². The fraction of sp³-hybridized carbons (Fsp3) is 0.0667. The first-order valence-corrected chi connectivity index (χ1v) is 27.8. The lowest BCUT2D eigenvalue weighted by Gasteiger charge is -2.26. The van der Waals surface area contributed by atoms with E-state index in [1.807, 2.05) is 0 Å². The summed E-state index contributed by atoms with van der Waals surface area (Å²) in [6.07, 6.45) is 0. The molecule has 2 aliphatic rings. The van der Waals surface area contributed by atoms with Crippen molar-refractivity contribution in [2.24, 2.45) is 0 Å².